The third-order valence-corrected chi connectivity index (χ3v) is 1.55. The number of hydrogen-bond acceptors (Lipinski definition) is 3. The van der Waals surface area contributed by atoms with Crippen LogP contribution in [0.2, 0.25) is 0 Å². The Bertz CT molecular complexity index is 318. The molecule has 1 heterocycles. The first-order chi connectivity index (χ1) is 6.49. The summed E-state index contributed by atoms with van der Waals surface area (Å²) in [5.41, 5.74) is -0.122. The van der Waals surface area contributed by atoms with Gasteiger partial charge in [-0.25, -0.2) is 0 Å². The minimum Gasteiger partial charge on any atom is -0.461 e. The zero-order valence-corrected chi connectivity index (χ0v) is 8.78. The first kappa shape index (κ1) is 10.7. The van der Waals surface area contributed by atoms with Crippen molar-refractivity contribution in [3.8, 4) is 0 Å². The Balaban J connectivity index is 2.48. The van der Waals surface area contributed by atoms with Gasteiger partial charge in [-0.1, -0.05) is 0 Å². The van der Waals surface area contributed by atoms with Gasteiger partial charge >= 0.3 is 0 Å². The summed E-state index contributed by atoms with van der Waals surface area (Å²) in [5.74, 6) is 0.355. The van der Waals surface area contributed by atoms with Gasteiger partial charge in [-0.3, -0.25) is 9.79 Å². The van der Waals surface area contributed by atoms with Gasteiger partial charge < -0.3 is 4.42 Å². The van der Waals surface area contributed by atoms with Crippen LogP contribution in [0.4, 0.5) is 0 Å². The molecular formula is C11H15NO2. The molecule has 0 fully saturated rings. The second kappa shape index (κ2) is 4.22. The summed E-state index contributed by atoms with van der Waals surface area (Å²) in [6, 6.07) is 3.36. The Kier molecular flexibility index (Phi) is 3.23. The zero-order valence-electron chi connectivity index (χ0n) is 8.78. The number of hydrogen-bond donors (Lipinski definition) is 0. The molecule has 14 heavy (non-hydrogen) atoms. The summed E-state index contributed by atoms with van der Waals surface area (Å²) >= 11 is 0. The number of carbonyl (C=O) groups excluding carboxylic acids is 1. The molecule has 76 valence electrons. The minimum absolute atomic E-state index is 0.0389. The van der Waals surface area contributed by atoms with Gasteiger partial charge in [-0.15, -0.1) is 0 Å². The van der Waals surface area contributed by atoms with Crippen molar-refractivity contribution < 1.29 is 9.21 Å². The molecule has 0 saturated carbocycles. The van der Waals surface area contributed by atoms with E-state index in [1.54, 1.807) is 18.3 Å². The van der Waals surface area contributed by atoms with E-state index < -0.39 is 0 Å². The average molecular weight is 193 g/mol. The highest BCUT2D eigenvalue weighted by atomic mass is 16.3. The Morgan fingerprint density at radius 2 is 2.29 bits per heavy atom. The van der Waals surface area contributed by atoms with Crippen molar-refractivity contribution in [2.24, 2.45) is 4.99 Å². The van der Waals surface area contributed by atoms with Crippen molar-refractivity contribution in [1.82, 2.24) is 0 Å². The smallest absolute Gasteiger partial charge is 0.203 e. The molecule has 0 saturated heterocycles. The molecule has 0 unspecified atom stereocenters. The number of rotatable bonds is 3. The second-order valence-electron chi connectivity index (χ2n) is 4.09. The second-order valence-corrected chi connectivity index (χ2v) is 4.09. The normalized spacial score (nSPS) is 12.2. The van der Waals surface area contributed by atoms with Crippen molar-refractivity contribution in [3.05, 3.63) is 24.2 Å². The SMILES string of the molecule is CC(C)(C)N=CCC(=O)c1ccco1. The summed E-state index contributed by atoms with van der Waals surface area (Å²) in [6.07, 6.45) is 3.43. The van der Waals surface area contributed by atoms with Gasteiger partial charge in [0.05, 0.1) is 11.8 Å². The van der Waals surface area contributed by atoms with E-state index in [9.17, 15) is 4.79 Å². The standard InChI is InChI=1S/C11H15NO2/c1-11(2,3)12-7-6-9(13)10-5-4-8-14-10/h4-5,7-8H,6H2,1-3H3. The molecule has 0 aliphatic rings. The molecule has 0 aromatic carbocycles. The Morgan fingerprint density at radius 1 is 1.57 bits per heavy atom. The van der Waals surface area contributed by atoms with E-state index in [2.05, 4.69) is 4.99 Å². The molecule has 0 N–H and O–H groups in total. The van der Waals surface area contributed by atoms with Crippen molar-refractivity contribution in [1.29, 1.82) is 0 Å². The summed E-state index contributed by atoms with van der Waals surface area (Å²) in [5, 5.41) is 0. The Hall–Kier alpha value is -1.38. The van der Waals surface area contributed by atoms with Gasteiger partial charge in [0.25, 0.3) is 0 Å². The van der Waals surface area contributed by atoms with Gasteiger partial charge in [0, 0.05) is 12.6 Å². The van der Waals surface area contributed by atoms with Crippen LogP contribution in [0.5, 0.6) is 0 Å². The third kappa shape index (κ3) is 3.56. The quantitative estimate of drug-likeness (QED) is 0.547. The Labute approximate surface area is 83.8 Å². The molecule has 3 nitrogen and oxygen atoms in total. The lowest BCUT2D eigenvalue weighted by atomic mass is 10.1. The molecule has 0 aliphatic carbocycles. The largest absolute Gasteiger partial charge is 0.461 e. The van der Waals surface area contributed by atoms with E-state index in [4.69, 9.17) is 4.42 Å². The van der Waals surface area contributed by atoms with Crippen LogP contribution in [0.15, 0.2) is 27.8 Å². The maximum Gasteiger partial charge on any atom is 0.203 e. The van der Waals surface area contributed by atoms with Gasteiger partial charge in [0.2, 0.25) is 5.78 Å². The molecule has 3 heteroatoms. The highest BCUT2D eigenvalue weighted by molar-refractivity contribution is 6.01. The fourth-order valence-corrected chi connectivity index (χ4v) is 0.940. The summed E-state index contributed by atoms with van der Waals surface area (Å²) < 4.78 is 4.97. The van der Waals surface area contributed by atoms with Crippen molar-refractivity contribution in [2.45, 2.75) is 32.7 Å². The monoisotopic (exact) mass is 193 g/mol. The molecule has 1 rings (SSSR count). The predicted molar refractivity (Wildman–Crippen MR) is 55.9 cm³/mol. The molecule has 0 radical (unpaired) electrons. The molecular weight excluding hydrogens is 178 g/mol. The van der Waals surface area contributed by atoms with Crippen LogP contribution in [0.1, 0.15) is 37.7 Å². The van der Waals surface area contributed by atoms with Crippen LogP contribution in [0.25, 0.3) is 0 Å². The maximum absolute atomic E-state index is 11.4. The van der Waals surface area contributed by atoms with E-state index in [1.807, 2.05) is 20.8 Å². The Morgan fingerprint density at radius 3 is 2.79 bits per heavy atom. The van der Waals surface area contributed by atoms with Crippen molar-refractivity contribution in [3.63, 3.8) is 0 Å². The molecule has 1 aromatic rings. The van der Waals surface area contributed by atoms with Crippen LogP contribution in [-0.4, -0.2) is 17.5 Å². The van der Waals surface area contributed by atoms with Gasteiger partial charge in [-0.05, 0) is 32.9 Å². The summed E-state index contributed by atoms with van der Waals surface area (Å²) in [6.45, 7) is 5.96. The van der Waals surface area contributed by atoms with Crippen LogP contribution in [0, 0.1) is 0 Å². The number of aliphatic imine (C=N–C) groups is 1. The predicted octanol–water partition coefficient (Wildman–Crippen LogP) is 2.72. The number of furan rings is 1. The highest BCUT2D eigenvalue weighted by Crippen LogP contribution is 2.07. The number of ketones is 1. The fraction of sp³-hybridized carbons (Fsp3) is 0.455. The van der Waals surface area contributed by atoms with Crippen molar-refractivity contribution in [2.75, 3.05) is 0 Å². The van der Waals surface area contributed by atoms with Gasteiger partial charge in [0.15, 0.2) is 5.76 Å². The summed E-state index contributed by atoms with van der Waals surface area (Å²) in [4.78, 5) is 15.6. The van der Waals surface area contributed by atoms with E-state index in [-0.39, 0.29) is 11.3 Å². The van der Waals surface area contributed by atoms with E-state index in [0.29, 0.717) is 12.2 Å². The maximum atomic E-state index is 11.4. The highest BCUT2D eigenvalue weighted by Gasteiger charge is 2.08. The lowest BCUT2D eigenvalue weighted by Crippen LogP contribution is -2.10. The van der Waals surface area contributed by atoms with Crippen LogP contribution in [-0.2, 0) is 0 Å². The molecule has 0 amide bonds. The number of nitrogens with zero attached hydrogens (tertiary/aromatic N) is 1. The first-order valence-corrected chi connectivity index (χ1v) is 4.59. The van der Waals surface area contributed by atoms with Gasteiger partial charge in [-0.2, -0.15) is 0 Å². The van der Waals surface area contributed by atoms with Crippen LogP contribution < -0.4 is 0 Å². The number of carbonyl (C=O) groups is 1. The van der Waals surface area contributed by atoms with Gasteiger partial charge in [0.1, 0.15) is 0 Å². The van der Waals surface area contributed by atoms with E-state index in [0.717, 1.165) is 0 Å². The minimum atomic E-state index is -0.122. The lowest BCUT2D eigenvalue weighted by molar-refractivity contribution is 0.0975. The molecule has 0 aliphatic heterocycles. The van der Waals surface area contributed by atoms with E-state index in [1.165, 1.54) is 6.26 Å². The van der Waals surface area contributed by atoms with Crippen molar-refractivity contribution >= 4 is 12.0 Å². The summed E-state index contributed by atoms with van der Waals surface area (Å²) in [7, 11) is 0. The first-order valence-electron chi connectivity index (χ1n) is 4.59. The third-order valence-electron chi connectivity index (χ3n) is 1.55. The molecule has 1 aromatic heterocycles. The molecule has 0 bridgehead atoms. The number of Topliss-reactive ketones (excluding diaryl/α,β-unsaturated/α-hetero) is 1. The molecule has 0 atom stereocenters. The molecule has 0 spiro atoms. The zero-order chi connectivity index (χ0) is 10.6. The van der Waals surface area contributed by atoms with E-state index >= 15 is 0 Å². The average Bonchev–Trinajstić information content (AvgIpc) is 2.53. The van der Waals surface area contributed by atoms with Crippen LogP contribution in [0.3, 0.4) is 0 Å². The lowest BCUT2D eigenvalue weighted by Gasteiger charge is -2.10. The fourth-order valence-electron chi connectivity index (χ4n) is 0.940. The topological polar surface area (TPSA) is 42.6 Å². The van der Waals surface area contributed by atoms with Crippen LogP contribution >= 0.6 is 0 Å².